The van der Waals surface area contributed by atoms with E-state index in [1.165, 1.54) is 6.92 Å². The van der Waals surface area contributed by atoms with Crippen LogP contribution in [0.15, 0.2) is 36.5 Å². The SMILES string of the molecule is CC(=N)NC(=O)c1ccc2nc(Nc3cc(CN4CCN(C(=O)OC(C)(C)C)C[C@H]4C)ccn3)[nH]c2c1. The maximum atomic E-state index is 12.4. The summed E-state index contributed by atoms with van der Waals surface area (Å²) >= 11 is 0. The minimum atomic E-state index is -0.505. The van der Waals surface area contributed by atoms with Gasteiger partial charge in [0, 0.05) is 44.0 Å². The third-order valence-corrected chi connectivity index (χ3v) is 5.92. The van der Waals surface area contributed by atoms with Crippen molar-refractivity contribution in [3.8, 4) is 0 Å². The summed E-state index contributed by atoms with van der Waals surface area (Å²) < 4.78 is 5.52. The van der Waals surface area contributed by atoms with Gasteiger partial charge in [0.1, 0.15) is 11.4 Å². The molecule has 37 heavy (non-hydrogen) atoms. The van der Waals surface area contributed by atoms with E-state index in [9.17, 15) is 9.59 Å². The molecule has 11 heteroatoms. The lowest BCUT2D eigenvalue weighted by Gasteiger charge is -2.40. The second-order valence-electron chi connectivity index (χ2n) is 10.3. The summed E-state index contributed by atoms with van der Waals surface area (Å²) in [5.74, 6) is 0.908. The van der Waals surface area contributed by atoms with Crippen LogP contribution in [0.5, 0.6) is 0 Å². The summed E-state index contributed by atoms with van der Waals surface area (Å²) in [6, 6.07) is 9.28. The Morgan fingerprint density at radius 3 is 2.70 bits per heavy atom. The number of amides is 2. The maximum absolute atomic E-state index is 12.4. The van der Waals surface area contributed by atoms with Crippen LogP contribution in [0.3, 0.4) is 0 Å². The number of carbonyl (C=O) groups is 2. The van der Waals surface area contributed by atoms with E-state index in [-0.39, 0.29) is 23.9 Å². The third kappa shape index (κ3) is 6.82. The fourth-order valence-corrected chi connectivity index (χ4v) is 4.17. The predicted octanol–water partition coefficient (Wildman–Crippen LogP) is 3.87. The van der Waals surface area contributed by atoms with Gasteiger partial charge in [0.05, 0.1) is 16.9 Å². The molecule has 4 rings (SSSR count). The molecule has 1 aliphatic heterocycles. The number of piperazine rings is 1. The van der Waals surface area contributed by atoms with Crippen LogP contribution in [0.4, 0.5) is 16.6 Å². The summed E-state index contributed by atoms with van der Waals surface area (Å²) in [6.45, 7) is 12.0. The van der Waals surface area contributed by atoms with Gasteiger partial charge in [-0.1, -0.05) is 0 Å². The highest BCUT2D eigenvalue weighted by Gasteiger charge is 2.29. The molecule has 2 amide bonds. The number of ether oxygens (including phenoxy) is 1. The molecule has 0 radical (unpaired) electrons. The third-order valence-electron chi connectivity index (χ3n) is 5.92. The Hall–Kier alpha value is -3.99. The highest BCUT2D eigenvalue weighted by Crippen LogP contribution is 2.21. The number of nitrogens with one attached hydrogen (secondary N) is 4. The topological polar surface area (TPSA) is 139 Å². The largest absolute Gasteiger partial charge is 0.444 e. The first-order valence-electron chi connectivity index (χ1n) is 12.3. The molecule has 0 saturated carbocycles. The van der Waals surface area contributed by atoms with Crippen molar-refractivity contribution in [1.29, 1.82) is 5.41 Å². The van der Waals surface area contributed by atoms with Crippen molar-refractivity contribution in [3.05, 3.63) is 47.7 Å². The number of carbonyl (C=O) groups excluding carboxylic acids is 2. The molecule has 0 bridgehead atoms. The van der Waals surface area contributed by atoms with Crippen LogP contribution in [0, 0.1) is 5.41 Å². The number of aromatic amines is 1. The zero-order chi connectivity index (χ0) is 26.7. The van der Waals surface area contributed by atoms with E-state index in [2.05, 4.69) is 37.4 Å². The number of H-pyrrole nitrogens is 1. The average molecular weight is 507 g/mol. The summed E-state index contributed by atoms with van der Waals surface area (Å²) in [4.78, 5) is 40.9. The monoisotopic (exact) mass is 506 g/mol. The fourth-order valence-electron chi connectivity index (χ4n) is 4.17. The Labute approximate surface area is 216 Å². The van der Waals surface area contributed by atoms with E-state index < -0.39 is 5.60 Å². The second kappa shape index (κ2) is 10.6. The van der Waals surface area contributed by atoms with Crippen molar-refractivity contribution in [1.82, 2.24) is 30.1 Å². The Balaban J connectivity index is 1.39. The number of amidine groups is 1. The van der Waals surface area contributed by atoms with Crippen LogP contribution in [0.1, 0.15) is 50.5 Å². The first-order valence-corrected chi connectivity index (χ1v) is 12.3. The van der Waals surface area contributed by atoms with E-state index in [1.54, 1.807) is 29.3 Å². The molecular formula is C26H34N8O3. The number of pyridine rings is 1. The number of nitrogens with zero attached hydrogens (tertiary/aromatic N) is 4. The van der Waals surface area contributed by atoms with Gasteiger partial charge in [-0.3, -0.25) is 15.1 Å². The molecule has 11 nitrogen and oxygen atoms in total. The van der Waals surface area contributed by atoms with Gasteiger partial charge in [-0.15, -0.1) is 0 Å². The minimum Gasteiger partial charge on any atom is -0.444 e. The van der Waals surface area contributed by atoms with Crippen molar-refractivity contribution in [3.63, 3.8) is 0 Å². The number of aromatic nitrogens is 3. The molecule has 3 heterocycles. The summed E-state index contributed by atoms with van der Waals surface area (Å²) in [6.07, 6.45) is 1.49. The van der Waals surface area contributed by atoms with Crippen LogP contribution in [-0.2, 0) is 11.3 Å². The second-order valence-corrected chi connectivity index (χ2v) is 10.3. The first kappa shape index (κ1) is 26.1. The fraction of sp³-hybridized carbons (Fsp3) is 0.423. The number of fused-ring (bicyclic) bond motifs is 1. The zero-order valence-corrected chi connectivity index (χ0v) is 21.9. The lowest BCUT2D eigenvalue weighted by molar-refractivity contribution is 0.00460. The molecule has 0 aliphatic carbocycles. The molecule has 1 aromatic carbocycles. The Morgan fingerprint density at radius 2 is 2.00 bits per heavy atom. The molecule has 4 N–H and O–H groups in total. The van der Waals surface area contributed by atoms with E-state index in [0.29, 0.717) is 41.5 Å². The highest BCUT2D eigenvalue weighted by atomic mass is 16.6. The van der Waals surface area contributed by atoms with Crippen LogP contribution in [-0.4, -0.2) is 73.9 Å². The number of rotatable bonds is 5. The molecule has 2 aromatic heterocycles. The number of imidazole rings is 1. The van der Waals surface area contributed by atoms with Crippen molar-refractivity contribution >= 4 is 40.6 Å². The van der Waals surface area contributed by atoms with Crippen LogP contribution in [0.2, 0.25) is 0 Å². The number of benzene rings is 1. The number of hydrogen-bond donors (Lipinski definition) is 4. The molecule has 1 aliphatic rings. The highest BCUT2D eigenvalue weighted by molar-refractivity contribution is 6.06. The van der Waals surface area contributed by atoms with Crippen molar-refractivity contribution in [2.75, 3.05) is 25.0 Å². The molecule has 1 atom stereocenters. The van der Waals surface area contributed by atoms with Gasteiger partial charge in [-0.05, 0) is 70.5 Å². The average Bonchev–Trinajstić information content (AvgIpc) is 3.20. The summed E-state index contributed by atoms with van der Waals surface area (Å²) in [5, 5.41) is 13.1. The Morgan fingerprint density at radius 1 is 1.22 bits per heavy atom. The van der Waals surface area contributed by atoms with Gasteiger partial charge in [0.15, 0.2) is 0 Å². The van der Waals surface area contributed by atoms with E-state index >= 15 is 0 Å². The van der Waals surface area contributed by atoms with Gasteiger partial charge in [-0.25, -0.2) is 14.8 Å². The Bertz CT molecular complexity index is 1310. The first-order chi connectivity index (χ1) is 17.5. The minimum absolute atomic E-state index is 0.0855. The van der Waals surface area contributed by atoms with E-state index in [0.717, 1.165) is 18.7 Å². The summed E-state index contributed by atoms with van der Waals surface area (Å²) in [7, 11) is 0. The van der Waals surface area contributed by atoms with E-state index in [1.807, 2.05) is 32.9 Å². The molecular weight excluding hydrogens is 472 g/mol. The molecule has 0 spiro atoms. The van der Waals surface area contributed by atoms with Gasteiger partial charge in [0.25, 0.3) is 5.91 Å². The van der Waals surface area contributed by atoms with E-state index in [4.69, 9.17) is 10.1 Å². The van der Waals surface area contributed by atoms with Gasteiger partial charge < -0.3 is 25.3 Å². The molecule has 3 aromatic rings. The van der Waals surface area contributed by atoms with Crippen LogP contribution < -0.4 is 10.6 Å². The number of anilines is 2. The molecule has 1 fully saturated rings. The normalized spacial score (nSPS) is 16.5. The quantitative estimate of drug-likeness (QED) is 0.304. The van der Waals surface area contributed by atoms with Gasteiger partial charge in [-0.2, -0.15) is 0 Å². The molecule has 0 unspecified atom stereocenters. The maximum Gasteiger partial charge on any atom is 0.410 e. The zero-order valence-electron chi connectivity index (χ0n) is 21.9. The van der Waals surface area contributed by atoms with Crippen molar-refractivity contribution in [2.45, 2.75) is 52.8 Å². The number of hydrogen-bond acceptors (Lipinski definition) is 8. The summed E-state index contributed by atoms with van der Waals surface area (Å²) in [5.41, 5.74) is 2.43. The van der Waals surface area contributed by atoms with Gasteiger partial charge in [0.2, 0.25) is 5.95 Å². The molecule has 196 valence electrons. The van der Waals surface area contributed by atoms with Crippen molar-refractivity contribution in [2.24, 2.45) is 0 Å². The van der Waals surface area contributed by atoms with Crippen LogP contribution >= 0.6 is 0 Å². The standard InChI is InChI=1S/C26H34N8O3/c1-16-14-34(25(36)37-26(3,4)5)11-10-33(16)15-18-8-9-28-22(12-18)32-24-30-20-7-6-19(13-21(20)31-24)23(35)29-17(2)27/h6-9,12-13,16H,10-11,14-15H2,1-5H3,(H2,27,29,35)(H2,28,30,31,32)/t16-/m1/s1. The predicted molar refractivity (Wildman–Crippen MR) is 142 cm³/mol. The Kier molecular flexibility index (Phi) is 7.44. The van der Waals surface area contributed by atoms with Crippen molar-refractivity contribution < 1.29 is 14.3 Å². The van der Waals surface area contributed by atoms with Gasteiger partial charge >= 0.3 is 6.09 Å². The smallest absolute Gasteiger partial charge is 0.410 e. The molecule has 1 saturated heterocycles. The lowest BCUT2D eigenvalue weighted by atomic mass is 10.1. The van der Waals surface area contributed by atoms with Crippen LogP contribution in [0.25, 0.3) is 11.0 Å². The lowest BCUT2D eigenvalue weighted by Crippen LogP contribution is -2.54.